The number of alkyl carbamates (subject to hydrolysis) is 1. The summed E-state index contributed by atoms with van der Waals surface area (Å²) < 4.78 is 10.4. The summed E-state index contributed by atoms with van der Waals surface area (Å²) in [4.78, 5) is 26.6. The number of carbonyl (C=O) groups excluding carboxylic acids is 1. The average molecular weight is 364 g/mol. The number of fused-ring (bicyclic) bond motifs is 3. The van der Waals surface area contributed by atoms with Crippen LogP contribution in [0.4, 0.5) is 4.79 Å². The Morgan fingerprint density at radius 1 is 1.07 bits per heavy atom. The standard InChI is InChI=1S/C20H16N2O5/c23-19(24)18-17(27-11-22-18)9-21-20(25)26-10-16-14-7-3-1-5-12(14)13-6-2-4-8-15(13)16/h1-8,11,16H,9-10H2,(H,21,25)(H,23,24). The van der Waals surface area contributed by atoms with Crippen molar-refractivity contribution in [2.24, 2.45) is 0 Å². The number of benzene rings is 2. The second-order valence-corrected chi connectivity index (χ2v) is 6.11. The topological polar surface area (TPSA) is 102 Å². The molecule has 136 valence electrons. The van der Waals surface area contributed by atoms with Crippen molar-refractivity contribution in [1.29, 1.82) is 0 Å². The van der Waals surface area contributed by atoms with E-state index in [4.69, 9.17) is 14.3 Å². The number of aromatic nitrogens is 1. The van der Waals surface area contributed by atoms with Gasteiger partial charge in [-0.2, -0.15) is 0 Å². The molecular formula is C20H16N2O5. The molecule has 0 radical (unpaired) electrons. The first-order chi connectivity index (χ1) is 13.1. The van der Waals surface area contributed by atoms with E-state index in [0.717, 1.165) is 28.6 Å². The van der Waals surface area contributed by atoms with Crippen molar-refractivity contribution in [2.75, 3.05) is 6.61 Å². The Hall–Kier alpha value is -3.61. The maximum Gasteiger partial charge on any atom is 0.407 e. The Kier molecular flexibility index (Phi) is 4.33. The summed E-state index contributed by atoms with van der Waals surface area (Å²) in [5, 5.41) is 11.5. The Morgan fingerprint density at radius 3 is 2.33 bits per heavy atom. The summed E-state index contributed by atoms with van der Waals surface area (Å²) in [6.07, 6.45) is 0.377. The van der Waals surface area contributed by atoms with E-state index in [2.05, 4.69) is 22.4 Å². The second-order valence-electron chi connectivity index (χ2n) is 6.11. The number of amides is 1. The van der Waals surface area contributed by atoms with Gasteiger partial charge in [-0.25, -0.2) is 14.6 Å². The third kappa shape index (κ3) is 3.15. The van der Waals surface area contributed by atoms with Crippen LogP contribution in [0.25, 0.3) is 11.1 Å². The first-order valence-electron chi connectivity index (χ1n) is 8.39. The van der Waals surface area contributed by atoms with Gasteiger partial charge in [0.05, 0.1) is 6.54 Å². The van der Waals surface area contributed by atoms with Gasteiger partial charge in [0.25, 0.3) is 0 Å². The van der Waals surface area contributed by atoms with E-state index < -0.39 is 12.1 Å². The number of aromatic carboxylic acids is 1. The fourth-order valence-corrected chi connectivity index (χ4v) is 3.37. The fourth-order valence-electron chi connectivity index (χ4n) is 3.37. The molecule has 7 nitrogen and oxygen atoms in total. The summed E-state index contributed by atoms with van der Waals surface area (Å²) in [6.45, 7) is 0.0698. The van der Waals surface area contributed by atoms with Crippen LogP contribution in [0, 0.1) is 0 Å². The quantitative estimate of drug-likeness (QED) is 0.719. The summed E-state index contributed by atoms with van der Waals surface area (Å²) in [5.41, 5.74) is 4.31. The summed E-state index contributed by atoms with van der Waals surface area (Å²) in [7, 11) is 0. The number of carbonyl (C=O) groups is 2. The van der Waals surface area contributed by atoms with Crippen LogP contribution in [0.2, 0.25) is 0 Å². The minimum Gasteiger partial charge on any atom is -0.476 e. The molecule has 0 saturated heterocycles. The van der Waals surface area contributed by atoms with E-state index in [1.165, 1.54) is 0 Å². The molecule has 0 spiro atoms. The highest BCUT2D eigenvalue weighted by Crippen LogP contribution is 2.44. The first kappa shape index (κ1) is 16.8. The molecule has 1 amide bonds. The number of carboxylic acid groups (broad SMARTS) is 1. The highest BCUT2D eigenvalue weighted by atomic mass is 16.5. The normalized spacial score (nSPS) is 12.3. The molecule has 0 saturated carbocycles. The number of oxazole rings is 1. The molecule has 4 rings (SSSR count). The number of ether oxygens (including phenoxy) is 1. The zero-order chi connectivity index (χ0) is 18.8. The summed E-state index contributed by atoms with van der Waals surface area (Å²) in [5.74, 6) is -1.19. The van der Waals surface area contributed by atoms with E-state index >= 15 is 0 Å². The SMILES string of the molecule is O=C(NCc1ocnc1C(=O)O)OCC1c2ccccc2-c2ccccc21. The van der Waals surface area contributed by atoms with Gasteiger partial charge >= 0.3 is 12.1 Å². The average Bonchev–Trinajstić information content (AvgIpc) is 3.28. The van der Waals surface area contributed by atoms with Crippen LogP contribution in [-0.4, -0.2) is 28.8 Å². The molecule has 1 aliphatic carbocycles. The van der Waals surface area contributed by atoms with Crippen LogP contribution >= 0.6 is 0 Å². The first-order valence-corrected chi connectivity index (χ1v) is 8.39. The lowest BCUT2D eigenvalue weighted by molar-refractivity contribution is 0.0688. The minimum absolute atomic E-state index is 0.0389. The molecule has 3 aromatic rings. The number of carboxylic acids is 1. The molecule has 2 aromatic carbocycles. The number of rotatable bonds is 5. The van der Waals surface area contributed by atoms with Crippen LogP contribution in [0.15, 0.2) is 59.3 Å². The lowest BCUT2D eigenvalue weighted by Gasteiger charge is -2.14. The highest BCUT2D eigenvalue weighted by Gasteiger charge is 2.29. The Morgan fingerprint density at radius 2 is 1.70 bits per heavy atom. The van der Waals surface area contributed by atoms with Crippen LogP contribution in [-0.2, 0) is 11.3 Å². The van der Waals surface area contributed by atoms with Gasteiger partial charge < -0.3 is 19.6 Å². The predicted molar refractivity (Wildman–Crippen MR) is 95.4 cm³/mol. The van der Waals surface area contributed by atoms with Crippen molar-refractivity contribution in [1.82, 2.24) is 10.3 Å². The highest BCUT2D eigenvalue weighted by molar-refractivity contribution is 5.86. The lowest BCUT2D eigenvalue weighted by atomic mass is 9.98. The Balaban J connectivity index is 1.42. The van der Waals surface area contributed by atoms with Crippen LogP contribution in [0.5, 0.6) is 0 Å². The van der Waals surface area contributed by atoms with E-state index in [-0.39, 0.29) is 30.5 Å². The molecule has 0 bridgehead atoms. The van der Waals surface area contributed by atoms with Gasteiger partial charge in [0.15, 0.2) is 17.8 Å². The molecule has 1 aromatic heterocycles. The number of hydrogen-bond donors (Lipinski definition) is 2. The zero-order valence-electron chi connectivity index (χ0n) is 14.2. The van der Waals surface area contributed by atoms with Gasteiger partial charge in [-0.05, 0) is 22.3 Å². The minimum atomic E-state index is -1.21. The van der Waals surface area contributed by atoms with Crippen molar-refractivity contribution in [3.8, 4) is 11.1 Å². The lowest BCUT2D eigenvalue weighted by Crippen LogP contribution is -2.26. The van der Waals surface area contributed by atoms with Gasteiger partial charge in [0, 0.05) is 5.92 Å². The molecule has 0 fully saturated rings. The van der Waals surface area contributed by atoms with Gasteiger partial charge in [-0.1, -0.05) is 48.5 Å². The van der Waals surface area contributed by atoms with Crippen molar-refractivity contribution in [2.45, 2.75) is 12.5 Å². The molecule has 0 unspecified atom stereocenters. The fraction of sp³-hybridized carbons (Fsp3) is 0.150. The summed E-state index contributed by atoms with van der Waals surface area (Å²) in [6, 6.07) is 16.1. The molecule has 7 heteroatoms. The molecule has 27 heavy (non-hydrogen) atoms. The second kappa shape index (κ2) is 6.95. The molecule has 1 heterocycles. The van der Waals surface area contributed by atoms with Crippen molar-refractivity contribution >= 4 is 12.1 Å². The maximum absolute atomic E-state index is 12.1. The van der Waals surface area contributed by atoms with Crippen molar-refractivity contribution in [3.05, 3.63) is 77.5 Å². The van der Waals surface area contributed by atoms with Crippen molar-refractivity contribution < 1.29 is 23.8 Å². The van der Waals surface area contributed by atoms with Crippen LogP contribution < -0.4 is 5.32 Å². The van der Waals surface area contributed by atoms with Crippen molar-refractivity contribution in [3.63, 3.8) is 0 Å². The number of hydrogen-bond acceptors (Lipinski definition) is 5. The van der Waals surface area contributed by atoms with Gasteiger partial charge in [-0.15, -0.1) is 0 Å². The van der Waals surface area contributed by atoms with Gasteiger partial charge in [-0.3, -0.25) is 0 Å². The van der Waals surface area contributed by atoms with Gasteiger partial charge in [0.2, 0.25) is 0 Å². The molecule has 2 N–H and O–H groups in total. The number of nitrogens with one attached hydrogen (secondary N) is 1. The van der Waals surface area contributed by atoms with E-state index in [1.54, 1.807) is 0 Å². The zero-order valence-corrected chi connectivity index (χ0v) is 14.2. The largest absolute Gasteiger partial charge is 0.476 e. The van der Waals surface area contributed by atoms with E-state index in [9.17, 15) is 9.59 Å². The number of nitrogens with zero attached hydrogens (tertiary/aromatic N) is 1. The molecule has 1 aliphatic rings. The Labute approximate surface area is 154 Å². The van der Waals surface area contributed by atoms with Gasteiger partial charge in [0.1, 0.15) is 6.61 Å². The Bertz CT molecular complexity index is 965. The third-order valence-electron chi connectivity index (χ3n) is 4.58. The van der Waals surface area contributed by atoms with E-state index in [1.807, 2.05) is 36.4 Å². The van der Waals surface area contributed by atoms with E-state index in [0.29, 0.717) is 0 Å². The molecule has 0 aliphatic heterocycles. The molecular weight excluding hydrogens is 348 g/mol. The monoisotopic (exact) mass is 364 g/mol. The van der Waals surface area contributed by atoms with Crippen LogP contribution in [0.3, 0.4) is 0 Å². The molecule has 0 atom stereocenters. The van der Waals surface area contributed by atoms with Crippen LogP contribution in [0.1, 0.15) is 33.3 Å². The maximum atomic E-state index is 12.1. The predicted octanol–water partition coefficient (Wildman–Crippen LogP) is 3.41. The summed E-state index contributed by atoms with van der Waals surface area (Å²) >= 11 is 0. The third-order valence-corrected chi connectivity index (χ3v) is 4.58. The smallest absolute Gasteiger partial charge is 0.407 e.